The van der Waals surface area contributed by atoms with Gasteiger partial charge in [0.05, 0.1) is 15.2 Å². The third kappa shape index (κ3) is 2.57. The van der Waals surface area contributed by atoms with Gasteiger partial charge in [0.1, 0.15) is 0 Å². The van der Waals surface area contributed by atoms with Gasteiger partial charge in [-0.05, 0) is 49.2 Å². The van der Waals surface area contributed by atoms with E-state index < -0.39 is 0 Å². The van der Waals surface area contributed by atoms with Crippen LogP contribution in [0.2, 0.25) is 5.02 Å². The van der Waals surface area contributed by atoms with E-state index in [4.69, 9.17) is 11.6 Å². The van der Waals surface area contributed by atoms with Crippen molar-refractivity contribution in [2.75, 3.05) is 5.32 Å². The van der Waals surface area contributed by atoms with Crippen LogP contribution in [0.15, 0.2) is 36.4 Å². The molecule has 3 rings (SSSR count). The van der Waals surface area contributed by atoms with Crippen molar-refractivity contribution < 1.29 is 0 Å². The van der Waals surface area contributed by atoms with E-state index in [-0.39, 0.29) is 0 Å². The number of nitrogens with zero attached hydrogens (tertiary/aromatic N) is 1. The first-order chi connectivity index (χ1) is 9.11. The lowest BCUT2D eigenvalue weighted by molar-refractivity contribution is 1.36. The molecule has 0 radical (unpaired) electrons. The summed E-state index contributed by atoms with van der Waals surface area (Å²) in [7, 11) is 0. The Morgan fingerprint density at radius 2 is 1.84 bits per heavy atom. The molecule has 0 saturated carbocycles. The molecule has 4 heteroatoms. The van der Waals surface area contributed by atoms with Crippen molar-refractivity contribution in [1.29, 1.82) is 0 Å². The first kappa shape index (κ1) is 12.5. The van der Waals surface area contributed by atoms with Gasteiger partial charge in [-0.15, -0.1) is 0 Å². The van der Waals surface area contributed by atoms with Gasteiger partial charge < -0.3 is 5.32 Å². The smallest absolute Gasteiger partial charge is 0.188 e. The minimum atomic E-state index is 0.753. The number of anilines is 2. The van der Waals surface area contributed by atoms with Gasteiger partial charge in [0, 0.05) is 5.69 Å². The van der Waals surface area contributed by atoms with Crippen molar-refractivity contribution in [3.8, 4) is 0 Å². The van der Waals surface area contributed by atoms with Gasteiger partial charge in [0.2, 0.25) is 0 Å². The van der Waals surface area contributed by atoms with Gasteiger partial charge in [0.15, 0.2) is 5.13 Å². The highest BCUT2D eigenvalue weighted by Crippen LogP contribution is 2.33. The summed E-state index contributed by atoms with van der Waals surface area (Å²) in [6, 6.07) is 12.2. The molecule has 0 aliphatic carbocycles. The molecule has 0 bridgehead atoms. The number of aromatic nitrogens is 1. The second-order valence-corrected chi connectivity index (χ2v) is 6.01. The van der Waals surface area contributed by atoms with Crippen LogP contribution in [0.4, 0.5) is 10.8 Å². The number of fused-ring (bicyclic) bond motifs is 1. The minimum absolute atomic E-state index is 0.753. The van der Waals surface area contributed by atoms with Crippen LogP contribution in [-0.4, -0.2) is 4.98 Å². The van der Waals surface area contributed by atoms with Gasteiger partial charge in [-0.25, -0.2) is 4.98 Å². The maximum Gasteiger partial charge on any atom is 0.188 e. The predicted molar refractivity (Wildman–Crippen MR) is 83.8 cm³/mol. The molecule has 3 aromatic rings. The van der Waals surface area contributed by atoms with Gasteiger partial charge in [-0.1, -0.05) is 35.1 Å². The monoisotopic (exact) mass is 288 g/mol. The summed E-state index contributed by atoms with van der Waals surface area (Å²) >= 11 is 7.74. The van der Waals surface area contributed by atoms with Gasteiger partial charge in [0.25, 0.3) is 0 Å². The molecule has 0 fully saturated rings. The third-order valence-electron chi connectivity index (χ3n) is 2.84. The van der Waals surface area contributed by atoms with E-state index in [2.05, 4.69) is 42.3 Å². The second kappa shape index (κ2) is 4.83. The highest BCUT2D eigenvalue weighted by molar-refractivity contribution is 7.22. The van der Waals surface area contributed by atoms with E-state index in [0.717, 1.165) is 26.1 Å². The van der Waals surface area contributed by atoms with Gasteiger partial charge >= 0.3 is 0 Å². The Morgan fingerprint density at radius 3 is 2.53 bits per heavy atom. The lowest BCUT2D eigenvalue weighted by Crippen LogP contribution is -1.90. The van der Waals surface area contributed by atoms with E-state index in [9.17, 15) is 0 Å². The normalized spacial score (nSPS) is 10.9. The summed E-state index contributed by atoms with van der Waals surface area (Å²) < 4.78 is 1.02. The molecule has 0 aliphatic rings. The molecule has 0 unspecified atom stereocenters. The van der Waals surface area contributed by atoms with Gasteiger partial charge in [-0.3, -0.25) is 0 Å². The van der Waals surface area contributed by atoms with Crippen molar-refractivity contribution >= 4 is 44.0 Å². The lowest BCUT2D eigenvalue weighted by Gasteiger charge is -2.05. The number of thiazole rings is 1. The van der Waals surface area contributed by atoms with Crippen LogP contribution in [0.5, 0.6) is 0 Å². The maximum atomic E-state index is 6.17. The van der Waals surface area contributed by atoms with Crippen LogP contribution >= 0.6 is 22.9 Å². The molecule has 0 aliphatic heterocycles. The van der Waals surface area contributed by atoms with E-state index in [0.29, 0.717) is 0 Å². The van der Waals surface area contributed by atoms with Crippen molar-refractivity contribution in [2.45, 2.75) is 13.8 Å². The zero-order chi connectivity index (χ0) is 13.4. The van der Waals surface area contributed by atoms with Crippen LogP contribution in [0, 0.1) is 13.8 Å². The van der Waals surface area contributed by atoms with Gasteiger partial charge in [-0.2, -0.15) is 0 Å². The van der Waals surface area contributed by atoms with Crippen molar-refractivity contribution in [3.05, 3.63) is 52.5 Å². The molecule has 0 saturated heterocycles. The second-order valence-electron chi connectivity index (χ2n) is 4.61. The number of nitrogens with one attached hydrogen (secondary N) is 1. The Morgan fingerprint density at radius 1 is 1.11 bits per heavy atom. The van der Waals surface area contributed by atoms with E-state index in [1.807, 2.05) is 18.2 Å². The molecule has 1 N–H and O–H groups in total. The largest absolute Gasteiger partial charge is 0.332 e. The highest BCUT2D eigenvalue weighted by atomic mass is 35.5. The highest BCUT2D eigenvalue weighted by Gasteiger charge is 2.07. The zero-order valence-electron chi connectivity index (χ0n) is 10.7. The summed E-state index contributed by atoms with van der Waals surface area (Å²) in [5.41, 5.74) is 4.47. The number of halogens is 1. The number of hydrogen-bond acceptors (Lipinski definition) is 3. The fraction of sp³-hybridized carbons (Fsp3) is 0.133. The fourth-order valence-corrected chi connectivity index (χ4v) is 3.31. The molecule has 0 amide bonds. The zero-order valence-corrected chi connectivity index (χ0v) is 12.3. The van der Waals surface area contributed by atoms with Crippen molar-refractivity contribution in [2.24, 2.45) is 0 Å². The first-order valence-electron chi connectivity index (χ1n) is 6.02. The molecule has 1 aromatic heterocycles. The molecule has 0 spiro atoms. The standard InChI is InChI=1S/C15H13ClN2S/c1-9-6-10(2)8-11(7-9)17-15-18-13-5-3-4-12(16)14(13)19-15/h3-8H,1-2H3,(H,17,18). The first-order valence-corrected chi connectivity index (χ1v) is 7.21. The quantitative estimate of drug-likeness (QED) is 0.691. The topological polar surface area (TPSA) is 24.9 Å². The van der Waals surface area contributed by atoms with Crippen LogP contribution in [0.1, 0.15) is 11.1 Å². The lowest BCUT2D eigenvalue weighted by atomic mass is 10.1. The summed E-state index contributed by atoms with van der Waals surface area (Å²) in [4.78, 5) is 4.55. The SMILES string of the molecule is Cc1cc(C)cc(Nc2nc3cccc(Cl)c3s2)c1. The minimum Gasteiger partial charge on any atom is -0.332 e. The average molecular weight is 289 g/mol. The van der Waals surface area contributed by atoms with Crippen molar-refractivity contribution in [1.82, 2.24) is 4.98 Å². The van der Waals surface area contributed by atoms with Crippen LogP contribution < -0.4 is 5.32 Å². The Labute approximate surface area is 121 Å². The Bertz CT molecular complexity index is 729. The number of aryl methyl sites for hydroxylation is 2. The average Bonchev–Trinajstić information content (AvgIpc) is 2.71. The summed E-state index contributed by atoms with van der Waals surface area (Å²) in [6.45, 7) is 4.18. The summed E-state index contributed by atoms with van der Waals surface area (Å²) in [5.74, 6) is 0. The number of benzene rings is 2. The van der Waals surface area contributed by atoms with Crippen LogP contribution in [0.3, 0.4) is 0 Å². The molecule has 2 nitrogen and oxygen atoms in total. The summed E-state index contributed by atoms with van der Waals surface area (Å²) in [5, 5.41) is 4.97. The molecular formula is C15H13ClN2S. The summed E-state index contributed by atoms with van der Waals surface area (Å²) in [6.07, 6.45) is 0. The van der Waals surface area contributed by atoms with E-state index in [1.165, 1.54) is 11.1 Å². The van der Waals surface area contributed by atoms with Crippen LogP contribution in [-0.2, 0) is 0 Å². The molecular weight excluding hydrogens is 276 g/mol. The molecule has 1 heterocycles. The van der Waals surface area contributed by atoms with E-state index in [1.54, 1.807) is 11.3 Å². The van der Waals surface area contributed by atoms with E-state index >= 15 is 0 Å². The third-order valence-corrected chi connectivity index (χ3v) is 4.29. The van der Waals surface area contributed by atoms with Crippen molar-refractivity contribution in [3.63, 3.8) is 0 Å². The number of hydrogen-bond donors (Lipinski definition) is 1. The fourth-order valence-electron chi connectivity index (χ4n) is 2.14. The molecule has 2 aromatic carbocycles. The maximum absolute atomic E-state index is 6.17. The Hall–Kier alpha value is -1.58. The number of rotatable bonds is 2. The molecule has 96 valence electrons. The Balaban J connectivity index is 1.99. The Kier molecular flexibility index (Phi) is 3.17. The molecule has 19 heavy (non-hydrogen) atoms. The van der Waals surface area contributed by atoms with Crippen LogP contribution in [0.25, 0.3) is 10.2 Å². The molecule has 0 atom stereocenters. The predicted octanol–water partition coefficient (Wildman–Crippen LogP) is 5.31.